The van der Waals surface area contributed by atoms with E-state index in [0.717, 1.165) is 46.0 Å². The lowest BCUT2D eigenvalue weighted by Crippen LogP contribution is -2.33. The molecule has 0 saturated carbocycles. The van der Waals surface area contributed by atoms with Crippen LogP contribution in [0.25, 0.3) is 33.1 Å². The fourth-order valence-corrected chi connectivity index (χ4v) is 4.28. The SMILES string of the molecule is CC1CC(N)Cn2c1c(-c1cnc3ccccc3c1)c1c(N)ncnc12. The Morgan fingerprint density at radius 1 is 1.15 bits per heavy atom. The van der Waals surface area contributed by atoms with Crippen LogP contribution in [-0.2, 0) is 6.54 Å². The predicted molar refractivity (Wildman–Crippen MR) is 104 cm³/mol. The summed E-state index contributed by atoms with van der Waals surface area (Å²) < 4.78 is 2.22. The highest BCUT2D eigenvalue weighted by Gasteiger charge is 2.30. The number of benzene rings is 1. The van der Waals surface area contributed by atoms with Gasteiger partial charge in [-0.15, -0.1) is 0 Å². The summed E-state index contributed by atoms with van der Waals surface area (Å²) in [5.41, 5.74) is 17.8. The molecule has 0 radical (unpaired) electrons. The molecule has 1 aliphatic heterocycles. The van der Waals surface area contributed by atoms with E-state index in [4.69, 9.17) is 11.5 Å². The molecular formula is C20H20N6. The second-order valence-corrected chi connectivity index (χ2v) is 7.14. The first-order valence-corrected chi connectivity index (χ1v) is 8.87. The van der Waals surface area contributed by atoms with Crippen molar-refractivity contribution in [3.05, 3.63) is 48.5 Å². The Morgan fingerprint density at radius 2 is 2.00 bits per heavy atom. The third-order valence-corrected chi connectivity index (χ3v) is 5.33. The molecule has 4 aromatic rings. The van der Waals surface area contributed by atoms with Crippen LogP contribution in [0, 0.1) is 0 Å². The molecule has 1 aromatic carbocycles. The van der Waals surface area contributed by atoms with Crippen molar-refractivity contribution in [2.45, 2.75) is 31.8 Å². The van der Waals surface area contributed by atoms with Crippen LogP contribution < -0.4 is 11.5 Å². The summed E-state index contributed by atoms with van der Waals surface area (Å²) in [6.07, 6.45) is 4.39. The van der Waals surface area contributed by atoms with Crippen molar-refractivity contribution in [1.82, 2.24) is 19.5 Å². The lowest BCUT2D eigenvalue weighted by Gasteiger charge is -2.28. The molecule has 1 aliphatic rings. The molecule has 0 fully saturated rings. The monoisotopic (exact) mass is 344 g/mol. The van der Waals surface area contributed by atoms with Crippen LogP contribution in [0.2, 0.25) is 0 Å². The molecule has 0 aliphatic carbocycles. The number of anilines is 1. The van der Waals surface area contributed by atoms with E-state index in [2.05, 4.69) is 38.6 Å². The van der Waals surface area contributed by atoms with Crippen LogP contribution in [0.1, 0.15) is 25.0 Å². The van der Waals surface area contributed by atoms with Gasteiger partial charge in [0.05, 0.1) is 10.9 Å². The van der Waals surface area contributed by atoms with Crippen molar-refractivity contribution in [2.75, 3.05) is 5.73 Å². The molecule has 3 aromatic heterocycles. The van der Waals surface area contributed by atoms with E-state index in [0.29, 0.717) is 11.7 Å². The summed E-state index contributed by atoms with van der Waals surface area (Å²) >= 11 is 0. The highest BCUT2D eigenvalue weighted by molar-refractivity contribution is 6.03. The maximum atomic E-state index is 6.28. The first-order valence-electron chi connectivity index (χ1n) is 8.87. The number of para-hydroxylation sites is 1. The standard InChI is InChI=1S/C20H20N6/c1-11-6-14(21)9-26-18(11)16(17-19(22)24-10-25-20(17)26)13-7-12-4-2-3-5-15(12)23-8-13/h2-5,7-8,10-11,14H,6,9,21H2,1H3,(H2,22,24,25). The third kappa shape index (κ3) is 2.12. The molecule has 26 heavy (non-hydrogen) atoms. The van der Waals surface area contributed by atoms with E-state index in [1.807, 2.05) is 24.4 Å². The van der Waals surface area contributed by atoms with Gasteiger partial charge in [-0.2, -0.15) is 0 Å². The molecule has 2 unspecified atom stereocenters. The van der Waals surface area contributed by atoms with Crippen LogP contribution in [0.4, 0.5) is 5.82 Å². The fourth-order valence-electron chi connectivity index (χ4n) is 4.28. The van der Waals surface area contributed by atoms with Gasteiger partial charge in [-0.3, -0.25) is 4.98 Å². The Hall–Kier alpha value is -2.99. The number of hydrogen-bond donors (Lipinski definition) is 2. The van der Waals surface area contributed by atoms with Gasteiger partial charge in [0.1, 0.15) is 17.8 Å². The van der Waals surface area contributed by atoms with E-state index >= 15 is 0 Å². The molecule has 0 bridgehead atoms. The Balaban J connectivity index is 1.88. The smallest absolute Gasteiger partial charge is 0.146 e. The van der Waals surface area contributed by atoms with Gasteiger partial charge in [-0.25, -0.2) is 9.97 Å². The van der Waals surface area contributed by atoms with Crippen LogP contribution in [-0.4, -0.2) is 25.6 Å². The first kappa shape index (κ1) is 15.3. The minimum absolute atomic E-state index is 0.117. The number of aromatic nitrogens is 4. The van der Waals surface area contributed by atoms with E-state index in [-0.39, 0.29) is 6.04 Å². The molecule has 0 saturated heterocycles. The number of nitrogen functional groups attached to an aromatic ring is 1. The Bertz CT molecular complexity index is 1150. The lowest BCUT2D eigenvalue weighted by molar-refractivity contribution is 0.422. The number of nitrogens with zero attached hydrogens (tertiary/aromatic N) is 4. The Kier molecular flexibility index (Phi) is 3.24. The van der Waals surface area contributed by atoms with Crippen LogP contribution in [0.15, 0.2) is 42.9 Å². The third-order valence-electron chi connectivity index (χ3n) is 5.33. The van der Waals surface area contributed by atoms with Crippen molar-refractivity contribution in [3.63, 3.8) is 0 Å². The van der Waals surface area contributed by atoms with Gasteiger partial charge in [0, 0.05) is 41.0 Å². The second kappa shape index (κ2) is 5.51. The minimum Gasteiger partial charge on any atom is -0.383 e. The number of rotatable bonds is 1. The lowest BCUT2D eigenvalue weighted by atomic mass is 9.90. The van der Waals surface area contributed by atoms with Crippen molar-refractivity contribution in [3.8, 4) is 11.1 Å². The number of pyridine rings is 1. The van der Waals surface area contributed by atoms with Gasteiger partial charge in [-0.05, 0) is 24.5 Å². The summed E-state index contributed by atoms with van der Waals surface area (Å²) in [7, 11) is 0. The molecule has 6 heteroatoms. The maximum Gasteiger partial charge on any atom is 0.146 e. The van der Waals surface area contributed by atoms with Crippen LogP contribution in [0.3, 0.4) is 0 Å². The zero-order valence-corrected chi connectivity index (χ0v) is 14.6. The van der Waals surface area contributed by atoms with Gasteiger partial charge in [0.15, 0.2) is 0 Å². The maximum absolute atomic E-state index is 6.28. The van der Waals surface area contributed by atoms with Crippen molar-refractivity contribution >= 4 is 27.8 Å². The van der Waals surface area contributed by atoms with Gasteiger partial charge in [-0.1, -0.05) is 25.1 Å². The van der Waals surface area contributed by atoms with Crippen molar-refractivity contribution < 1.29 is 0 Å². The van der Waals surface area contributed by atoms with Crippen molar-refractivity contribution in [1.29, 1.82) is 0 Å². The molecule has 4 N–H and O–H groups in total. The largest absolute Gasteiger partial charge is 0.383 e. The van der Waals surface area contributed by atoms with Crippen LogP contribution in [0.5, 0.6) is 0 Å². The average molecular weight is 344 g/mol. The number of hydrogen-bond acceptors (Lipinski definition) is 5. The highest BCUT2D eigenvalue weighted by atomic mass is 15.1. The molecule has 130 valence electrons. The fraction of sp³-hybridized carbons (Fsp3) is 0.250. The Labute approximate surface area is 150 Å². The molecular weight excluding hydrogens is 324 g/mol. The molecule has 4 heterocycles. The van der Waals surface area contributed by atoms with Gasteiger partial charge < -0.3 is 16.0 Å². The van der Waals surface area contributed by atoms with Gasteiger partial charge in [0.2, 0.25) is 0 Å². The summed E-state index contributed by atoms with van der Waals surface area (Å²) in [5.74, 6) is 0.814. The van der Waals surface area contributed by atoms with Crippen LogP contribution >= 0.6 is 0 Å². The number of fused-ring (bicyclic) bond motifs is 4. The minimum atomic E-state index is 0.117. The summed E-state index contributed by atoms with van der Waals surface area (Å²) in [4.78, 5) is 13.4. The second-order valence-electron chi connectivity index (χ2n) is 7.14. The summed E-state index contributed by atoms with van der Waals surface area (Å²) in [6, 6.07) is 10.4. The summed E-state index contributed by atoms with van der Waals surface area (Å²) in [5, 5.41) is 2.01. The highest BCUT2D eigenvalue weighted by Crippen LogP contribution is 2.43. The van der Waals surface area contributed by atoms with Crippen molar-refractivity contribution in [2.24, 2.45) is 5.73 Å². The molecule has 5 rings (SSSR count). The zero-order chi connectivity index (χ0) is 17.8. The van der Waals surface area contributed by atoms with Gasteiger partial charge >= 0.3 is 0 Å². The Morgan fingerprint density at radius 3 is 2.88 bits per heavy atom. The quantitative estimate of drug-likeness (QED) is 0.553. The zero-order valence-electron chi connectivity index (χ0n) is 14.6. The van der Waals surface area contributed by atoms with E-state index in [1.165, 1.54) is 12.0 Å². The van der Waals surface area contributed by atoms with E-state index in [9.17, 15) is 0 Å². The molecule has 0 spiro atoms. The number of nitrogens with two attached hydrogens (primary N) is 2. The average Bonchev–Trinajstić information content (AvgIpc) is 2.97. The van der Waals surface area contributed by atoms with Gasteiger partial charge in [0.25, 0.3) is 0 Å². The van der Waals surface area contributed by atoms with E-state index < -0.39 is 0 Å². The molecule has 6 nitrogen and oxygen atoms in total. The topological polar surface area (TPSA) is 95.6 Å². The predicted octanol–water partition coefficient (Wildman–Crippen LogP) is 3.06. The summed E-state index contributed by atoms with van der Waals surface area (Å²) in [6.45, 7) is 2.96. The molecule has 2 atom stereocenters. The van der Waals surface area contributed by atoms with E-state index in [1.54, 1.807) is 0 Å². The molecule has 0 amide bonds. The first-order chi connectivity index (χ1) is 12.6. The normalized spacial score (nSPS) is 19.8.